The first-order chi connectivity index (χ1) is 11.1. The molecule has 1 heterocycles. The van der Waals surface area contributed by atoms with E-state index in [9.17, 15) is 4.79 Å². The Labute approximate surface area is 163 Å². The normalized spacial score (nSPS) is 18.6. The van der Waals surface area contributed by atoms with E-state index in [1.54, 1.807) is 7.11 Å². The Morgan fingerprint density at radius 3 is 2.60 bits per heavy atom. The lowest BCUT2D eigenvalue weighted by Gasteiger charge is -2.30. The molecule has 0 aromatic heterocycles. The highest BCUT2D eigenvalue weighted by atomic mass is 35.5. The van der Waals surface area contributed by atoms with Crippen molar-refractivity contribution < 1.29 is 9.53 Å². The van der Waals surface area contributed by atoms with E-state index in [0.29, 0.717) is 6.54 Å². The number of anilines is 1. The number of nitrogens with two attached hydrogens (primary N) is 1. The van der Waals surface area contributed by atoms with Crippen LogP contribution in [0.3, 0.4) is 0 Å². The Kier molecular flexibility index (Phi) is 12.1. The summed E-state index contributed by atoms with van der Waals surface area (Å²) < 4.78 is 5.13. The van der Waals surface area contributed by atoms with Gasteiger partial charge in [-0.05, 0) is 43.0 Å². The Morgan fingerprint density at radius 2 is 2.04 bits per heavy atom. The molecule has 0 spiro atoms. The van der Waals surface area contributed by atoms with Gasteiger partial charge in [-0.15, -0.1) is 24.8 Å². The number of nitrogens with zero attached hydrogens (tertiary/aromatic N) is 1. The number of amides is 1. The Hall–Kier alpha value is -0.850. The fourth-order valence-electron chi connectivity index (χ4n) is 3.06. The summed E-state index contributed by atoms with van der Waals surface area (Å²) in [5.41, 5.74) is 7.64. The third kappa shape index (κ3) is 8.38. The third-order valence-electron chi connectivity index (χ3n) is 4.39. The molecule has 1 aromatic carbocycles. The Morgan fingerprint density at radius 1 is 1.36 bits per heavy atom. The first-order valence-corrected chi connectivity index (χ1v) is 8.44. The molecular formula is C18H31Cl2N3O2. The summed E-state index contributed by atoms with van der Waals surface area (Å²) in [5.74, 6) is 0.721. The second-order valence-corrected chi connectivity index (χ2v) is 6.53. The highest BCUT2D eigenvalue weighted by Gasteiger charge is 2.16. The number of carbonyl (C=O) groups is 1. The fraction of sp³-hybridized carbons (Fsp3) is 0.611. The van der Waals surface area contributed by atoms with Gasteiger partial charge < -0.3 is 15.8 Å². The average Bonchev–Trinajstić information content (AvgIpc) is 2.54. The van der Waals surface area contributed by atoms with E-state index in [1.807, 2.05) is 12.1 Å². The number of piperidine rings is 1. The molecule has 3 N–H and O–H groups in total. The van der Waals surface area contributed by atoms with Crippen molar-refractivity contribution in [2.24, 2.45) is 11.7 Å². The van der Waals surface area contributed by atoms with Gasteiger partial charge in [-0.25, -0.2) is 0 Å². The zero-order valence-electron chi connectivity index (χ0n) is 15.1. The number of halogens is 2. The van der Waals surface area contributed by atoms with E-state index in [-0.39, 0.29) is 43.2 Å². The van der Waals surface area contributed by atoms with Crippen LogP contribution in [0.5, 0.6) is 0 Å². The van der Waals surface area contributed by atoms with Crippen LogP contribution in [0.25, 0.3) is 0 Å². The molecule has 0 saturated carbocycles. The van der Waals surface area contributed by atoms with Gasteiger partial charge in [-0.3, -0.25) is 9.69 Å². The predicted octanol–water partition coefficient (Wildman–Crippen LogP) is 3.06. The molecule has 1 aliphatic rings. The number of hydrogen-bond donors (Lipinski definition) is 2. The maximum Gasteiger partial charge on any atom is 0.227 e. The minimum atomic E-state index is -0.227. The number of hydrogen-bond acceptors (Lipinski definition) is 4. The smallest absolute Gasteiger partial charge is 0.227 e. The zero-order valence-corrected chi connectivity index (χ0v) is 16.7. The van der Waals surface area contributed by atoms with E-state index in [0.717, 1.165) is 18.2 Å². The maximum absolute atomic E-state index is 11.9. The van der Waals surface area contributed by atoms with Crippen molar-refractivity contribution in [3.63, 3.8) is 0 Å². The largest absolute Gasteiger partial charge is 0.380 e. The maximum atomic E-state index is 11.9. The van der Waals surface area contributed by atoms with Crippen molar-refractivity contribution in [2.75, 3.05) is 32.1 Å². The van der Waals surface area contributed by atoms with Gasteiger partial charge >= 0.3 is 0 Å². The van der Waals surface area contributed by atoms with Crippen LogP contribution in [0.2, 0.25) is 0 Å². The van der Waals surface area contributed by atoms with Crippen LogP contribution in [0, 0.1) is 5.92 Å². The van der Waals surface area contributed by atoms with Gasteiger partial charge in [0.2, 0.25) is 5.91 Å². The SMILES string of the molecule is COC(CN)CC(=O)Nc1ccc(CN2CCCC(C)C2)cc1.Cl.Cl. The average molecular weight is 392 g/mol. The summed E-state index contributed by atoms with van der Waals surface area (Å²) in [5, 5.41) is 2.89. The lowest BCUT2D eigenvalue weighted by Crippen LogP contribution is -2.33. The molecule has 5 nitrogen and oxygen atoms in total. The molecule has 0 aliphatic carbocycles. The number of benzene rings is 1. The van der Waals surface area contributed by atoms with Crippen LogP contribution in [-0.4, -0.2) is 43.7 Å². The highest BCUT2D eigenvalue weighted by molar-refractivity contribution is 5.91. The first kappa shape index (κ1) is 24.1. The van der Waals surface area contributed by atoms with Crippen LogP contribution in [0.15, 0.2) is 24.3 Å². The summed E-state index contributed by atoms with van der Waals surface area (Å²) in [6.07, 6.45) is 2.68. The van der Waals surface area contributed by atoms with Crippen LogP contribution in [0.1, 0.15) is 31.7 Å². The van der Waals surface area contributed by atoms with Crippen molar-refractivity contribution in [1.29, 1.82) is 0 Å². The van der Waals surface area contributed by atoms with Crippen molar-refractivity contribution in [2.45, 2.75) is 38.8 Å². The minimum Gasteiger partial charge on any atom is -0.380 e. The van der Waals surface area contributed by atoms with Crippen LogP contribution >= 0.6 is 24.8 Å². The zero-order chi connectivity index (χ0) is 16.7. The van der Waals surface area contributed by atoms with Crippen molar-refractivity contribution in [1.82, 2.24) is 4.90 Å². The molecule has 1 saturated heterocycles. The number of carbonyl (C=O) groups excluding carboxylic acids is 1. The quantitative estimate of drug-likeness (QED) is 0.749. The van der Waals surface area contributed by atoms with E-state index in [1.165, 1.54) is 31.5 Å². The molecule has 7 heteroatoms. The van der Waals surface area contributed by atoms with Crippen LogP contribution in [-0.2, 0) is 16.1 Å². The van der Waals surface area contributed by atoms with E-state index in [2.05, 4.69) is 29.3 Å². The molecule has 1 aromatic rings. The molecule has 2 rings (SSSR count). The van der Waals surface area contributed by atoms with Gasteiger partial charge in [0.05, 0.1) is 12.5 Å². The lowest BCUT2D eigenvalue weighted by molar-refractivity contribution is -0.118. The molecule has 1 amide bonds. The number of nitrogens with one attached hydrogen (secondary N) is 1. The summed E-state index contributed by atoms with van der Waals surface area (Å²) in [7, 11) is 1.57. The third-order valence-corrected chi connectivity index (χ3v) is 4.39. The standard InChI is InChI=1S/C18H29N3O2.2ClH/c1-14-4-3-9-21(12-14)13-15-5-7-16(8-6-15)20-18(22)10-17(11-19)23-2;;/h5-8,14,17H,3-4,9-13,19H2,1-2H3,(H,20,22);2*1H. The summed E-state index contributed by atoms with van der Waals surface area (Å²) in [4.78, 5) is 14.4. The monoisotopic (exact) mass is 391 g/mol. The Balaban J connectivity index is 0.00000288. The van der Waals surface area contributed by atoms with Crippen molar-refractivity contribution in [3.05, 3.63) is 29.8 Å². The molecule has 0 radical (unpaired) electrons. The van der Waals surface area contributed by atoms with Gasteiger partial charge in [-0.1, -0.05) is 19.1 Å². The molecule has 2 atom stereocenters. The van der Waals surface area contributed by atoms with Gasteiger partial charge in [-0.2, -0.15) is 0 Å². The molecule has 1 fully saturated rings. The topological polar surface area (TPSA) is 67.6 Å². The lowest BCUT2D eigenvalue weighted by atomic mass is 10.00. The van der Waals surface area contributed by atoms with Crippen LogP contribution in [0.4, 0.5) is 5.69 Å². The number of ether oxygens (including phenoxy) is 1. The van der Waals surface area contributed by atoms with Gasteiger partial charge in [0.15, 0.2) is 0 Å². The van der Waals surface area contributed by atoms with Gasteiger partial charge in [0, 0.05) is 32.4 Å². The molecular weight excluding hydrogens is 361 g/mol. The predicted molar refractivity (Wildman–Crippen MR) is 108 cm³/mol. The second kappa shape index (κ2) is 12.5. The Bertz CT molecular complexity index is 496. The van der Waals surface area contributed by atoms with Crippen molar-refractivity contribution in [3.8, 4) is 0 Å². The number of likely N-dealkylation sites (tertiary alicyclic amines) is 1. The van der Waals surface area contributed by atoms with Gasteiger partial charge in [0.1, 0.15) is 0 Å². The summed E-state index contributed by atoms with van der Waals surface area (Å²) >= 11 is 0. The molecule has 0 bridgehead atoms. The summed E-state index contributed by atoms with van der Waals surface area (Å²) in [6, 6.07) is 8.10. The second-order valence-electron chi connectivity index (χ2n) is 6.53. The van der Waals surface area contributed by atoms with Gasteiger partial charge in [0.25, 0.3) is 0 Å². The van der Waals surface area contributed by atoms with E-state index in [4.69, 9.17) is 10.5 Å². The molecule has 1 aliphatic heterocycles. The molecule has 25 heavy (non-hydrogen) atoms. The first-order valence-electron chi connectivity index (χ1n) is 8.44. The fourth-order valence-corrected chi connectivity index (χ4v) is 3.06. The highest BCUT2D eigenvalue weighted by Crippen LogP contribution is 2.19. The number of rotatable bonds is 7. The van der Waals surface area contributed by atoms with Crippen LogP contribution < -0.4 is 11.1 Å². The van der Waals surface area contributed by atoms with E-state index < -0.39 is 0 Å². The van der Waals surface area contributed by atoms with Crippen molar-refractivity contribution >= 4 is 36.4 Å². The molecule has 144 valence electrons. The molecule has 2 unspecified atom stereocenters. The van der Waals surface area contributed by atoms with E-state index >= 15 is 0 Å². The summed E-state index contributed by atoms with van der Waals surface area (Å²) in [6.45, 7) is 6.00. The number of methoxy groups -OCH3 is 1. The minimum absolute atomic E-state index is 0.